The third-order valence-corrected chi connectivity index (χ3v) is 4.38. The largest absolute Gasteiger partial charge is 0.497 e. The number of nitrogens with zero attached hydrogens (tertiary/aromatic N) is 1. The van der Waals surface area contributed by atoms with E-state index in [2.05, 4.69) is 22.5 Å². The molecule has 1 aromatic carbocycles. The summed E-state index contributed by atoms with van der Waals surface area (Å²) in [6.07, 6.45) is 2.35. The number of piperidine rings is 1. The van der Waals surface area contributed by atoms with Crippen LogP contribution in [-0.2, 0) is 11.3 Å². The molecule has 0 spiro atoms. The number of rotatable bonds is 8. The Morgan fingerprint density at radius 2 is 2.13 bits per heavy atom. The Kier molecular flexibility index (Phi) is 7.36. The summed E-state index contributed by atoms with van der Waals surface area (Å²) in [4.78, 5) is 14.3. The van der Waals surface area contributed by atoms with E-state index in [1.807, 2.05) is 24.3 Å². The average Bonchev–Trinajstić information content (AvgIpc) is 2.59. The SMILES string of the molecule is CCNCC1CCN(CC(=O)NCc2cccc(OC)c2)CC1. The molecule has 5 heteroatoms. The first-order valence-electron chi connectivity index (χ1n) is 8.54. The Hall–Kier alpha value is -1.59. The van der Waals surface area contributed by atoms with Crippen LogP contribution in [0.4, 0.5) is 0 Å². The zero-order valence-corrected chi connectivity index (χ0v) is 14.3. The quantitative estimate of drug-likeness (QED) is 0.765. The zero-order chi connectivity index (χ0) is 16.5. The fraction of sp³-hybridized carbons (Fsp3) is 0.611. The normalized spacial score (nSPS) is 16.3. The molecule has 1 saturated heterocycles. The lowest BCUT2D eigenvalue weighted by atomic mass is 9.97. The van der Waals surface area contributed by atoms with Gasteiger partial charge in [-0.1, -0.05) is 19.1 Å². The summed E-state index contributed by atoms with van der Waals surface area (Å²) in [5, 5.41) is 6.41. The molecule has 23 heavy (non-hydrogen) atoms. The average molecular weight is 319 g/mol. The van der Waals surface area contributed by atoms with E-state index in [-0.39, 0.29) is 5.91 Å². The smallest absolute Gasteiger partial charge is 0.234 e. The van der Waals surface area contributed by atoms with Gasteiger partial charge in [0.25, 0.3) is 0 Å². The summed E-state index contributed by atoms with van der Waals surface area (Å²) in [7, 11) is 1.65. The van der Waals surface area contributed by atoms with Crippen LogP contribution in [0.1, 0.15) is 25.3 Å². The first kappa shape index (κ1) is 17.8. The monoisotopic (exact) mass is 319 g/mol. The number of carbonyl (C=O) groups excluding carboxylic acids is 1. The highest BCUT2D eigenvalue weighted by Gasteiger charge is 2.20. The van der Waals surface area contributed by atoms with Gasteiger partial charge in [-0.25, -0.2) is 0 Å². The van der Waals surface area contributed by atoms with Gasteiger partial charge in [0, 0.05) is 6.54 Å². The minimum Gasteiger partial charge on any atom is -0.497 e. The summed E-state index contributed by atoms with van der Waals surface area (Å²) in [6, 6.07) is 7.79. The van der Waals surface area contributed by atoms with E-state index in [0.29, 0.717) is 13.1 Å². The van der Waals surface area contributed by atoms with E-state index in [4.69, 9.17) is 4.74 Å². The number of hydrogen-bond acceptors (Lipinski definition) is 4. The molecule has 0 unspecified atom stereocenters. The van der Waals surface area contributed by atoms with Gasteiger partial charge in [0.1, 0.15) is 5.75 Å². The van der Waals surface area contributed by atoms with E-state index in [1.54, 1.807) is 7.11 Å². The van der Waals surface area contributed by atoms with Crippen LogP contribution >= 0.6 is 0 Å². The fourth-order valence-corrected chi connectivity index (χ4v) is 2.94. The highest BCUT2D eigenvalue weighted by atomic mass is 16.5. The molecule has 0 aliphatic carbocycles. The number of carbonyl (C=O) groups is 1. The van der Waals surface area contributed by atoms with Crippen LogP contribution in [0.5, 0.6) is 5.75 Å². The Morgan fingerprint density at radius 1 is 1.35 bits per heavy atom. The second-order valence-electron chi connectivity index (χ2n) is 6.16. The van der Waals surface area contributed by atoms with Crippen LogP contribution in [0, 0.1) is 5.92 Å². The number of amides is 1. The predicted octanol–water partition coefficient (Wildman–Crippen LogP) is 1.63. The minimum absolute atomic E-state index is 0.0953. The van der Waals surface area contributed by atoms with E-state index in [9.17, 15) is 4.79 Å². The van der Waals surface area contributed by atoms with Crippen molar-refractivity contribution in [2.75, 3.05) is 39.8 Å². The molecule has 2 N–H and O–H groups in total. The summed E-state index contributed by atoms with van der Waals surface area (Å²) in [6.45, 7) is 7.36. The van der Waals surface area contributed by atoms with Crippen LogP contribution in [0.2, 0.25) is 0 Å². The molecule has 1 fully saturated rings. The summed E-state index contributed by atoms with van der Waals surface area (Å²) < 4.78 is 5.20. The second kappa shape index (κ2) is 9.53. The molecule has 1 amide bonds. The lowest BCUT2D eigenvalue weighted by molar-refractivity contribution is -0.122. The summed E-state index contributed by atoms with van der Waals surface area (Å²) in [5.74, 6) is 1.67. The van der Waals surface area contributed by atoms with Crippen molar-refractivity contribution in [1.82, 2.24) is 15.5 Å². The van der Waals surface area contributed by atoms with E-state index >= 15 is 0 Å². The molecule has 0 bridgehead atoms. The lowest BCUT2D eigenvalue weighted by Gasteiger charge is -2.31. The number of nitrogens with one attached hydrogen (secondary N) is 2. The Bertz CT molecular complexity index is 485. The van der Waals surface area contributed by atoms with Crippen molar-refractivity contribution in [3.8, 4) is 5.75 Å². The van der Waals surface area contributed by atoms with Crippen LogP contribution in [0.3, 0.4) is 0 Å². The topological polar surface area (TPSA) is 53.6 Å². The van der Waals surface area contributed by atoms with Gasteiger partial charge in [0.2, 0.25) is 5.91 Å². The Balaban J connectivity index is 1.67. The molecule has 0 aromatic heterocycles. The van der Waals surface area contributed by atoms with Gasteiger partial charge in [0.05, 0.1) is 13.7 Å². The zero-order valence-electron chi connectivity index (χ0n) is 14.3. The Labute approximate surface area is 139 Å². The van der Waals surface area contributed by atoms with Crippen molar-refractivity contribution in [1.29, 1.82) is 0 Å². The predicted molar refractivity (Wildman–Crippen MR) is 92.5 cm³/mol. The van der Waals surface area contributed by atoms with Crippen molar-refractivity contribution in [3.63, 3.8) is 0 Å². The maximum Gasteiger partial charge on any atom is 0.234 e. The van der Waals surface area contributed by atoms with Crippen molar-refractivity contribution in [2.45, 2.75) is 26.3 Å². The van der Waals surface area contributed by atoms with E-state index in [1.165, 1.54) is 12.8 Å². The number of methoxy groups -OCH3 is 1. The number of ether oxygens (including phenoxy) is 1. The number of benzene rings is 1. The maximum absolute atomic E-state index is 12.1. The molecule has 1 aliphatic rings. The van der Waals surface area contributed by atoms with Crippen LogP contribution in [0.15, 0.2) is 24.3 Å². The highest BCUT2D eigenvalue weighted by molar-refractivity contribution is 5.78. The Morgan fingerprint density at radius 3 is 2.83 bits per heavy atom. The van der Waals surface area contributed by atoms with Crippen molar-refractivity contribution < 1.29 is 9.53 Å². The molecule has 0 radical (unpaired) electrons. The van der Waals surface area contributed by atoms with Crippen LogP contribution in [0.25, 0.3) is 0 Å². The second-order valence-corrected chi connectivity index (χ2v) is 6.16. The fourth-order valence-electron chi connectivity index (χ4n) is 2.94. The van der Waals surface area contributed by atoms with E-state index < -0.39 is 0 Å². The number of hydrogen-bond donors (Lipinski definition) is 2. The maximum atomic E-state index is 12.1. The standard InChI is InChI=1S/C18H29N3O2/c1-3-19-12-15-7-9-21(10-8-15)14-18(22)20-13-16-5-4-6-17(11-16)23-2/h4-6,11,15,19H,3,7-10,12-14H2,1-2H3,(H,20,22). The van der Waals surface area contributed by atoms with Crippen molar-refractivity contribution in [3.05, 3.63) is 29.8 Å². The van der Waals surface area contributed by atoms with Gasteiger partial charge >= 0.3 is 0 Å². The molecule has 1 heterocycles. The molecule has 2 rings (SSSR count). The molecule has 1 aromatic rings. The lowest BCUT2D eigenvalue weighted by Crippen LogP contribution is -2.42. The van der Waals surface area contributed by atoms with E-state index in [0.717, 1.165) is 43.4 Å². The van der Waals surface area contributed by atoms with Crippen molar-refractivity contribution in [2.24, 2.45) is 5.92 Å². The molecule has 128 valence electrons. The van der Waals surface area contributed by atoms with Gasteiger partial charge in [-0.05, 0) is 62.6 Å². The summed E-state index contributed by atoms with van der Waals surface area (Å²) in [5.41, 5.74) is 1.06. The third kappa shape index (κ3) is 6.20. The molecular formula is C18H29N3O2. The van der Waals surface area contributed by atoms with Crippen molar-refractivity contribution >= 4 is 5.91 Å². The van der Waals surface area contributed by atoms with Gasteiger partial charge in [0.15, 0.2) is 0 Å². The molecule has 5 nitrogen and oxygen atoms in total. The molecule has 1 aliphatic heterocycles. The third-order valence-electron chi connectivity index (χ3n) is 4.38. The van der Waals surface area contributed by atoms with Crippen LogP contribution < -0.4 is 15.4 Å². The molecule has 0 atom stereocenters. The van der Waals surface area contributed by atoms with Crippen LogP contribution in [-0.4, -0.2) is 50.6 Å². The van der Waals surface area contributed by atoms with Gasteiger partial charge < -0.3 is 15.4 Å². The first-order valence-corrected chi connectivity index (χ1v) is 8.54. The minimum atomic E-state index is 0.0953. The molecular weight excluding hydrogens is 290 g/mol. The highest BCUT2D eigenvalue weighted by Crippen LogP contribution is 2.16. The van der Waals surface area contributed by atoms with Gasteiger partial charge in [-0.3, -0.25) is 9.69 Å². The first-order chi connectivity index (χ1) is 11.2. The van der Waals surface area contributed by atoms with Gasteiger partial charge in [-0.15, -0.1) is 0 Å². The number of likely N-dealkylation sites (tertiary alicyclic amines) is 1. The summed E-state index contributed by atoms with van der Waals surface area (Å²) >= 11 is 0. The molecule has 0 saturated carbocycles. The van der Waals surface area contributed by atoms with Gasteiger partial charge in [-0.2, -0.15) is 0 Å².